The second-order valence-corrected chi connectivity index (χ2v) is 5.86. The van der Waals surface area contributed by atoms with Crippen LogP contribution in [0.3, 0.4) is 0 Å². The van der Waals surface area contributed by atoms with Gasteiger partial charge in [0.2, 0.25) is 0 Å². The van der Waals surface area contributed by atoms with Gasteiger partial charge in [-0.2, -0.15) is 10.4 Å². The third-order valence-corrected chi connectivity index (χ3v) is 3.97. The van der Waals surface area contributed by atoms with E-state index in [-0.39, 0.29) is 5.56 Å². The molecule has 3 aromatic rings. The maximum Gasteiger partial charge on any atom is 0.269 e. The molecule has 0 radical (unpaired) electrons. The SMILES string of the molecule is CN(Cc1ccccc1)c1cnn(Cc2ccc(C#N)cc2)c(=O)c1. The number of rotatable bonds is 5. The fraction of sp³-hybridized carbons (Fsp3) is 0.150. The molecule has 0 saturated carbocycles. The first-order valence-corrected chi connectivity index (χ1v) is 7.97. The standard InChI is InChI=1S/C20H18N4O/c1-23(14-17-5-3-2-4-6-17)19-11-20(25)24(22-13-19)15-18-9-7-16(12-21)8-10-18/h2-11,13H,14-15H2,1H3. The first-order chi connectivity index (χ1) is 12.2. The van der Waals surface area contributed by atoms with Crippen molar-refractivity contribution in [2.75, 3.05) is 11.9 Å². The van der Waals surface area contributed by atoms with Crippen molar-refractivity contribution in [2.45, 2.75) is 13.1 Å². The van der Waals surface area contributed by atoms with Crippen LogP contribution in [-0.2, 0) is 13.1 Å². The number of nitriles is 1. The molecular formula is C20H18N4O. The van der Waals surface area contributed by atoms with E-state index in [9.17, 15) is 4.79 Å². The molecule has 0 N–H and O–H groups in total. The van der Waals surface area contributed by atoms with Crippen LogP contribution in [0.1, 0.15) is 16.7 Å². The van der Waals surface area contributed by atoms with Crippen LogP contribution in [0.2, 0.25) is 0 Å². The number of hydrogen-bond donors (Lipinski definition) is 0. The number of anilines is 1. The van der Waals surface area contributed by atoms with Crippen LogP contribution in [0.25, 0.3) is 0 Å². The molecule has 0 atom stereocenters. The molecule has 0 aliphatic heterocycles. The van der Waals surface area contributed by atoms with Gasteiger partial charge in [0, 0.05) is 19.7 Å². The third-order valence-electron chi connectivity index (χ3n) is 3.97. The summed E-state index contributed by atoms with van der Waals surface area (Å²) in [5, 5.41) is 13.1. The molecule has 0 saturated heterocycles. The lowest BCUT2D eigenvalue weighted by Crippen LogP contribution is -2.26. The van der Waals surface area contributed by atoms with Gasteiger partial charge in [-0.05, 0) is 23.3 Å². The molecule has 25 heavy (non-hydrogen) atoms. The van der Waals surface area contributed by atoms with Crippen LogP contribution in [-0.4, -0.2) is 16.8 Å². The number of benzene rings is 2. The molecule has 1 aromatic heterocycles. The minimum atomic E-state index is -0.151. The summed E-state index contributed by atoms with van der Waals surface area (Å²) in [6, 6.07) is 20.9. The summed E-state index contributed by atoms with van der Waals surface area (Å²) in [5.41, 5.74) is 3.33. The Balaban J connectivity index is 1.74. The monoisotopic (exact) mass is 330 g/mol. The summed E-state index contributed by atoms with van der Waals surface area (Å²) >= 11 is 0. The lowest BCUT2D eigenvalue weighted by Gasteiger charge is -2.19. The first-order valence-electron chi connectivity index (χ1n) is 7.97. The van der Waals surface area contributed by atoms with Crippen LogP contribution in [0.4, 0.5) is 5.69 Å². The van der Waals surface area contributed by atoms with Gasteiger partial charge in [0.05, 0.1) is 30.1 Å². The molecule has 1 heterocycles. The summed E-state index contributed by atoms with van der Waals surface area (Å²) in [4.78, 5) is 14.3. The zero-order valence-corrected chi connectivity index (χ0v) is 14.0. The average Bonchev–Trinajstić information content (AvgIpc) is 2.65. The van der Waals surface area contributed by atoms with Crippen molar-refractivity contribution in [3.63, 3.8) is 0 Å². The molecule has 0 aliphatic rings. The molecular weight excluding hydrogens is 312 g/mol. The topological polar surface area (TPSA) is 61.9 Å². The van der Waals surface area contributed by atoms with Crippen molar-refractivity contribution >= 4 is 5.69 Å². The second-order valence-electron chi connectivity index (χ2n) is 5.86. The van der Waals surface area contributed by atoms with E-state index in [0.29, 0.717) is 18.7 Å². The highest BCUT2D eigenvalue weighted by molar-refractivity contribution is 5.42. The molecule has 0 bridgehead atoms. The van der Waals surface area contributed by atoms with E-state index in [0.717, 1.165) is 11.3 Å². The van der Waals surface area contributed by atoms with Crippen molar-refractivity contribution in [2.24, 2.45) is 0 Å². The summed E-state index contributed by atoms with van der Waals surface area (Å²) in [6.07, 6.45) is 1.70. The predicted molar refractivity (Wildman–Crippen MR) is 97.3 cm³/mol. The minimum Gasteiger partial charge on any atom is -0.369 e. The number of nitrogens with zero attached hydrogens (tertiary/aromatic N) is 4. The van der Waals surface area contributed by atoms with E-state index in [1.807, 2.05) is 42.3 Å². The van der Waals surface area contributed by atoms with Gasteiger partial charge in [0.15, 0.2) is 0 Å². The zero-order chi connectivity index (χ0) is 17.6. The Morgan fingerprint density at radius 3 is 2.44 bits per heavy atom. The van der Waals surface area contributed by atoms with E-state index >= 15 is 0 Å². The molecule has 0 aliphatic carbocycles. The zero-order valence-electron chi connectivity index (χ0n) is 14.0. The van der Waals surface area contributed by atoms with Crippen LogP contribution in [0.5, 0.6) is 0 Å². The number of hydrogen-bond acceptors (Lipinski definition) is 4. The summed E-state index contributed by atoms with van der Waals surface area (Å²) < 4.78 is 1.42. The maximum atomic E-state index is 12.3. The molecule has 0 fully saturated rings. The Hall–Kier alpha value is -3.39. The molecule has 0 amide bonds. The lowest BCUT2D eigenvalue weighted by atomic mass is 10.1. The Morgan fingerprint density at radius 1 is 1.08 bits per heavy atom. The summed E-state index contributed by atoms with van der Waals surface area (Å²) in [5.74, 6) is 0. The van der Waals surface area contributed by atoms with Gasteiger partial charge in [0.1, 0.15) is 0 Å². The van der Waals surface area contributed by atoms with E-state index < -0.39 is 0 Å². The summed E-state index contributed by atoms with van der Waals surface area (Å²) in [6.45, 7) is 1.09. The fourth-order valence-corrected chi connectivity index (χ4v) is 2.56. The van der Waals surface area contributed by atoms with E-state index in [1.165, 1.54) is 10.2 Å². The quantitative estimate of drug-likeness (QED) is 0.722. The predicted octanol–water partition coefficient (Wildman–Crippen LogP) is 2.80. The highest BCUT2D eigenvalue weighted by Gasteiger charge is 2.06. The Bertz CT molecular complexity index is 940. The molecule has 5 heteroatoms. The third kappa shape index (κ3) is 4.12. The smallest absolute Gasteiger partial charge is 0.269 e. The Labute approximate surface area is 146 Å². The highest BCUT2D eigenvalue weighted by Crippen LogP contribution is 2.12. The van der Waals surface area contributed by atoms with Gasteiger partial charge in [-0.1, -0.05) is 42.5 Å². The average molecular weight is 330 g/mol. The molecule has 5 nitrogen and oxygen atoms in total. The normalized spacial score (nSPS) is 10.2. The minimum absolute atomic E-state index is 0.151. The molecule has 0 spiro atoms. The summed E-state index contributed by atoms with van der Waals surface area (Å²) in [7, 11) is 1.94. The largest absolute Gasteiger partial charge is 0.369 e. The van der Waals surface area contributed by atoms with Crippen LogP contribution < -0.4 is 10.5 Å². The van der Waals surface area contributed by atoms with Crippen molar-refractivity contribution in [3.8, 4) is 6.07 Å². The van der Waals surface area contributed by atoms with Crippen molar-refractivity contribution < 1.29 is 0 Å². The van der Waals surface area contributed by atoms with Gasteiger partial charge < -0.3 is 4.90 Å². The van der Waals surface area contributed by atoms with Crippen molar-refractivity contribution in [1.29, 1.82) is 5.26 Å². The number of aromatic nitrogens is 2. The molecule has 124 valence electrons. The Morgan fingerprint density at radius 2 is 1.80 bits per heavy atom. The second kappa shape index (κ2) is 7.45. The van der Waals surface area contributed by atoms with Gasteiger partial charge >= 0.3 is 0 Å². The van der Waals surface area contributed by atoms with Crippen LogP contribution in [0.15, 0.2) is 71.7 Å². The maximum absolute atomic E-state index is 12.3. The molecule has 2 aromatic carbocycles. The van der Waals surface area contributed by atoms with Crippen molar-refractivity contribution in [1.82, 2.24) is 9.78 Å². The van der Waals surface area contributed by atoms with Crippen LogP contribution in [0, 0.1) is 11.3 Å². The van der Waals surface area contributed by atoms with E-state index in [2.05, 4.69) is 23.3 Å². The molecule has 3 rings (SSSR count). The van der Waals surface area contributed by atoms with Gasteiger partial charge in [-0.15, -0.1) is 0 Å². The van der Waals surface area contributed by atoms with E-state index in [4.69, 9.17) is 5.26 Å². The van der Waals surface area contributed by atoms with Crippen LogP contribution >= 0.6 is 0 Å². The van der Waals surface area contributed by atoms with Gasteiger partial charge in [0.25, 0.3) is 5.56 Å². The highest BCUT2D eigenvalue weighted by atomic mass is 16.1. The lowest BCUT2D eigenvalue weighted by molar-refractivity contribution is 0.637. The van der Waals surface area contributed by atoms with Gasteiger partial charge in [-0.3, -0.25) is 4.79 Å². The Kier molecular flexibility index (Phi) is 4.91. The van der Waals surface area contributed by atoms with E-state index in [1.54, 1.807) is 24.4 Å². The molecule has 0 unspecified atom stereocenters. The van der Waals surface area contributed by atoms with Gasteiger partial charge in [-0.25, -0.2) is 4.68 Å². The first kappa shape index (κ1) is 16.5. The fourth-order valence-electron chi connectivity index (χ4n) is 2.56. The van der Waals surface area contributed by atoms with Crippen molar-refractivity contribution in [3.05, 3.63) is 93.9 Å².